The van der Waals surface area contributed by atoms with E-state index in [1.165, 1.54) is 29.2 Å². The van der Waals surface area contributed by atoms with Crippen LogP contribution < -0.4 is 4.90 Å². The Hall–Kier alpha value is -3.33. The summed E-state index contributed by atoms with van der Waals surface area (Å²) in [6, 6.07) is 7.35. The van der Waals surface area contributed by atoms with E-state index in [0.29, 0.717) is 0 Å². The molecule has 1 atom stereocenters. The molecular formula is C21H19ClFN3O5. The topological polar surface area (TPSA) is 101 Å². The lowest BCUT2D eigenvalue weighted by atomic mass is 9.99. The zero-order valence-electron chi connectivity index (χ0n) is 17.0. The van der Waals surface area contributed by atoms with Gasteiger partial charge in [-0.3, -0.25) is 24.5 Å². The molecule has 8 nitrogen and oxygen atoms in total. The molecule has 0 aromatic heterocycles. The largest absolute Gasteiger partial charge is 0.321 e. The van der Waals surface area contributed by atoms with Crippen molar-refractivity contribution in [2.24, 2.45) is 0 Å². The van der Waals surface area contributed by atoms with Gasteiger partial charge in [0.2, 0.25) is 5.91 Å². The highest BCUT2D eigenvalue weighted by Crippen LogP contribution is 2.32. The predicted octanol–water partition coefficient (Wildman–Crippen LogP) is 3.96. The highest BCUT2D eigenvalue weighted by molar-refractivity contribution is 6.32. The van der Waals surface area contributed by atoms with Crippen molar-refractivity contribution in [3.63, 3.8) is 0 Å². The van der Waals surface area contributed by atoms with Crippen LogP contribution in [0.15, 0.2) is 42.5 Å². The van der Waals surface area contributed by atoms with Gasteiger partial charge in [-0.1, -0.05) is 11.6 Å². The Morgan fingerprint density at radius 1 is 1.19 bits per heavy atom. The first-order valence-corrected chi connectivity index (χ1v) is 9.69. The Morgan fingerprint density at radius 3 is 2.35 bits per heavy atom. The Morgan fingerprint density at radius 2 is 1.81 bits per heavy atom. The number of nitro benzene ring substituents is 1. The molecule has 162 valence electrons. The van der Waals surface area contributed by atoms with Crippen LogP contribution >= 0.6 is 11.6 Å². The van der Waals surface area contributed by atoms with Crippen molar-refractivity contribution in [1.82, 2.24) is 4.90 Å². The van der Waals surface area contributed by atoms with Gasteiger partial charge in [-0.25, -0.2) is 9.29 Å². The van der Waals surface area contributed by atoms with E-state index in [1.807, 2.05) is 0 Å². The first-order valence-electron chi connectivity index (χ1n) is 9.32. The number of hydrogen-bond donors (Lipinski definition) is 0. The number of nitro groups is 1. The molecule has 1 saturated heterocycles. The second-order valence-corrected chi connectivity index (χ2v) is 8.44. The van der Waals surface area contributed by atoms with E-state index in [1.54, 1.807) is 20.8 Å². The average Bonchev–Trinajstić information content (AvgIpc) is 2.95. The Labute approximate surface area is 182 Å². The van der Waals surface area contributed by atoms with Crippen molar-refractivity contribution < 1.29 is 23.7 Å². The third kappa shape index (κ3) is 4.27. The number of nitrogens with zero attached hydrogens (tertiary/aromatic N) is 3. The number of amides is 3. The summed E-state index contributed by atoms with van der Waals surface area (Å²) < 4.78 is 13.2. The minimum atomic E-state index is -1.13. The van der Waals surface area contributed by atoms with Gasteiger partial charge in [0.15, 0.2) is 0 Å². The third-order valence-corrected chi connectivity index (χ3v) is 5.17. The van der Waals surface area contributed by atoms with Gasteiger partial charge in [-0.05, 0) is 57.2 Å². The summed E-state index contributed by atoms with van der Waals surface area (Å²) in [5, 5.41) is 11.1. The molecule has 10 heteroatoms. The lowest BCUT2D eigenvalue weighted by Gasteiger charge is -2.39. The molecule has 0 radical (unpaired) electrons. The molecule has 1 aliphatic heterocycles. The SMILES string of the molecule is CC(C)(C)N(C(=O)c1ccc(Cl)c([N+](=O)[O-])c1)C1CC(=O)N(c2ccc(F)cc2)C1=O. The molecule has 0 saturated carbocycles. The van der Waals surface area contributed by atoms with Crippen LogP contribution in [0.4, 0.5) is 15.8 Å². The minimum absolute atomic E-state index is 0.0356. The van der Waals surface area contributed by atoms with E-state index in [-0.39, 0.29) is 22.7 Å². The molecule has 1 heterocycles. The normalized spacial score (nSPS) is 16.5. The standard InChI is InChI=1S/C21H19ClFN3O5/c1-21(2,3)25(19(28)12-4-9-15(22)16(10-12)26(30)31)17-11-18(27)24(20(17)29)14-7-5-13(23)6-8-14/h4-10,17H,11H2,1-3H3. The van der Waals surface area contributed by atoms with Crippen LogP contribution in [0.5, 0.6) is 0 Å². The van der Waals surface area contributed by atoms with Crippen LogP contribution in [0, 0.1) is 15.9 Å². The van der Waals surface area contributed by atoms with E-state index in [0.717, 1.165) is 23.1 Å². The number of hydrogen-bond acceptors (Lipinski definition) is 5. The molecule has 0 N–H and O–H groups in total. The highest BCUT2D eigenvalue weighted by atomic mass is 35.5. The Kier molecular flexibility index (Phi) is 5.82. The highest BCUT2D eigenvalue weighted by Gasteiger charge is 2.47. The maximum absolute atomic E-state index is 13.3. The summed E-state index contributed by atoms with van der Waals surface area (Å²) in [5.74, 6) is -2.34. The van der Waals surface area contributed by atoms with Crippen molar-refractivity contribution in [2.75, 3.05) is 4.90 Å². The molecule has 2 aromatic rings. The van der Waals surface area contributed by atoms with Gasteiger partial charge >= 0.3 is 0 Å². The number of carbonyl (C=O) groups excluding carboxylic acids is 3. The third-order valence-electron chi connectivity index (χ3n) is 4.85. The Bertz CT molecular complexity index is 1080. The fraction of sp³-hybridized carbons (Fsp3) is 0.286. The van der Waals surface area contributed by atoms with Crippen molar-refractivity contribution in [3.05, 3.63) is 69.0 Å². The first-order chi connectivity index (χ1) is 14.4. The molecule has 3 rings (SSSR count). The zero-order valence-corrected chi connectivity index (χ0v) is 17.7. The van der Waals surface area contributed by atoms with Gasteiger partial charge in [0.05, 0.1) is 17.0 Å². The summed E-state index contributed by atoms with van der Waals surface area (Å²) in [6.07, 6.45) is -0.269. The number of rotatable bonds is 4. The van der Waals surface area contributed by atoms with Crippen molar-refractivity contribution in [3.8, 4) is 0 Å². The van der Waals surface area contributed by atoms with E-state index in [4.69, 9.17) is 11.6 Å². The van der Waals surface area contributed by atoms with Crippen LogP contribution in [0.2, 0.25) is 5.02 Å². The quantitative estimate of drug-likeness (QED) is 0.401. The molecule has 0 aliphatic carbocycles. The van der Waals surface area contributed by atoms with Crippen molar-refractivity contribution in [1.29, 1.82) is 0 Å². The van der Waals surface area contributed by atoms with E-state index in [9.17, 15) is 28.9 Å². The number of carbonyl (C=O) groups is 3. The van der Waals surface area contributed by atoms with E-state index in [2.05, 4.69) is 0 Å². The number of anilines is 1. The van der Waals surface area contributed by atoms with Gasteiger partial charge < -0.3 is 4.90 Å². The maximum Gasteiger partial charge on any atom is 0.288 e. The molecule has 3 amide bonds. The molecule has 0 bridgehead atoms. The van der Waals surface area contributed by atoms with Crippen LogP contribution in [-0.4, -0.2) is 39.1 Å². The smallest absolute Gasteiger partial charge is 0.288 e. The lowest BCUT2D eigenvalue weighted by molar-refractivity contribution is -0.384. The van der Waals surface area contributed by atoms with E-state index >= 15 is 0 Å². The fourth-order valence-corrected chi connectivity index (χ4v) is 3.70. The van der Waals surface area contributed by atoms with Crippen molar-refractivity contribution >= 4 is 40.7 Å². The molecule has 1 aliphatic rings. The van der Waals surface area contributed by atoms with Crippen LogP contribution in [-0.2, 0) is 9.59 Å². The summed E-state index contributed by atoms with van der Waals surface area (Å²) >= 11 is 5.83. The molecule has 0 spiro atoms. The average molecular weight is 448 g/mol. The Balaban J connectivity index is 2.00. The van der Waals surface area contributed by atoms with Gasteiger partial charge in [0.1, 0.15) is 16.9 Å². The summed E-state index contributed by atoms with van der Waals surface area (Å²) in [5.41, 5.74) is -1.18. The lowest BCUT2D eigenvalue weighted by Crippen LogP contribution is -2.54. The zero-order chi connectivity index (χ0) is 23.1. The summed E-state index contributed by atoms with van der Waals surface area (Å²) in [6.45, 7) is 5.06. The number of imide groups is 1. The van der Waals surface area contributed by atoms with Crippen molar-refractivity contribution in [2.45, 2.75) is 38.8 Å². The minimum Gasteiger partial charge on any atom is -0.321 e. The monoisotopic (exact) mass is 447 g/mol. The van der Waals surface area contributed by atoms with Gasteiger partial charge in [-0.2, -0.15) is 0 Å². The predicted molar refractivity (Wildman–Crippen MR) is 111 cm³/mol. The van der Waals surface area contributed by atoms with Gasteiger partial charge in [0.25, 0.3) is 17.5 Å². The van der Waals surface area contributed by atoms with Crippen LogP contribution in [0.25, 0.3) is 0 Å². The number of halogens is 2. The van der Waals surface area contributed by atoms with Crippen LogP contribution in [0.3, 0.4) is 0 Å². The molecule has 1 fully saturated rings. The second-order valence-electron chi connectivity index (χ2n) is 8.03. The first kappa shape index (κ1) is 22.4. The summed E-state index contributed by atoms with van der Waals surface area (Å²) in [4.78, 5) is 51.8. The summed E-state index contributed by atoms with van der Waals surface area (Å²) in [7, 11) is 0. The molecule has 31 heavy (non-hydrogen) atoms. The molecule has 2 aromatic carbocycles. The number of benzene rings is 2. The molecular weight excluding hydrogens is 429 g/mol. The van der Waals surface area contributed by atoms with E-state index < -0.39 is 45.7 Å². The van der Waals surface area contributed by atoms with Gasteiger partial charge in [-0.15, -0.1) is 0 Å². The van der Waals surface area contributed by atoms with Gasteiger partial charge in [0, 0.05) is 17.2 Å². The fourth-order valence-electron chi connectivity index (χ4n) is 3.52. The molecule has 1 unspecified atom stereocenters. The maximum atomic E-state index is 13.3. The van der Waals surface area contributed by atoms with Crippen LogP contribution in [0.1, 0.15) is 37.6 Å². The second kappa shape index (κ2) is 8.07.